The van der Waals surface area contributed by atoms with Gasteiger partial charge in [0, 0.05) is 20.0 Å². The number of rotatable bonds is 43. The normalized spacial score (nSPS) is 13.3. The average molecular weight is 787 g/mol. The third-order valence-electron chi connectivity index (χ3n) is 10.3. The van der Waals surface area contributed by atoms with E-state index >= 15 is 0 Å². The molecule has 0 bridgehead atoms. The molecule has 0 saturated carbocycles. The quantitative estimate of drug-likeness (QED) is 0.0282. The first-order valence-electron chi connectivity index (χ1n) is 22.9. The maximum absolute atomic E-state index is 12.5. The molecule has 0 spiro atoms. The number of hydrogen-bond donors (Lipinski definition) is 1. The van der Waals surface area contributed by atoms with Gasteiger partial charge in [-0.1, -0.05) is 199 Å². The molecule has 0 saturated heterocycles. The van der Waals surface area contributed by atoms with E-state index in [0.717, 1.165) is 52.1 Å². The molecule has 2 unspecified atom stereocenters. The average Bonchev–Trinajstić information content (AvgIpc) is 3.16. The van der Waals surface area contributed by atoms with Crippen molar-refractivity contribution in [2.75, 3.05) is 20.3 Å². The zero-order valence-electron chi connectivity index (χ0n) is 35.6. The Morgan fingerprint density at radius 2 is 0.833 bits per heavy atom. The largest absolute Gasteiger partial charge is 0.472 e. The number of carbonyl (C=O) groups is 2. The van der Waals surface area contributed by atoms with E-state index in [-0.39, 0.29) is 19.0 Å². The molecule has 0 aromatic heterocycles. The fraction of sp³-hybridized carbons (Fsp3) is 0.911. The zero-order chi connectivity index (χ0) is 39.6. The molecule has 0 aliphatic heterocycles. The Bertz CT molecular complexity index is 895. The fourth-order valence-corrected chi connectivity index (χ4v) is 7.17. The molecule has 0 heterocycles. The molecule has 0 aliphatic rings. The zero-order valence-corrected chi connectivity index (χ0v) is 36.5. The number of esters is 2. The van der Waals surface area contributed by atoms with E-state index in [4.69, 9.17) is 14.0 Å². The number of allylic oxidation sites excluding steroid dienone is 2. The Hall–Kier alpha value is -1.21. The van der Waals surface area contributed by atoms with Crippen molar-refractivity contribution in [3.8, 4) is 0 Å². The second-order valence-electron chi connectivity index (χ2n) is 15.5. The monoisotopic (exact) mass is 787 g/mol. The second-order valence-corrected chi connectivity index (χ2v) is 17.1. The molecule has 8 nitrogen and oxygen atoms in total. The highest BCUT2D eigenvalue weighted by Crippen LogP contribution is 2.42. The number of ether oxygens (including phenoxy) is 2. The highest BCUT2D eigenvalue weighted by Gasteiger charge is 2.24. The Kier molecular flexibility index (Phi) is 40.5. The van der Waals surface area contributed by atoms with Crippen LogP contribution in [0.25, 0.3) is 0 Å². The first-order valence-corrected chi connectivity index (χ1v) is 24.4. The number of unbranched alkanes of at least 4 members (excludes halogenated alkanes) is 30. The van der Waals surface area contributed by atoms with E-state index in [1.165, 1.54) is 161 Å². The number of hydrogen-bond acceptors (Lipinski definition) is 7. The van der Waals surface area contributed by atoms with Crippen molar-refractivity contribution in [2.24, 2.45) is 0 Å². The molecule has 0 radical (unpaired) electrons. The minimum Gasteiger partial charge on any atom is -0.462 e. The van der Waals surface area contributed by atoms with Gasteiger partial charge in [-0.3, -0.25) is 18.6 Å². The van der Waals surface area contributed by atoms with Crippen LogP contribution in [0.5, 0.6) is 0 Å². The molecule has 0 rings (SSSR count). The highest BCUT2D eigenvalue weighted by atomic mass is 31.2. The molecule has 0 amide bonds. The van der Waals surface area contributed by atoms with Crippen molar-refractivity contribution in [3.63, 3.8) is 0 Å². The van der Waals surface area contributed by atoms with Crippen LogP contribution < -0.4 is 0 Å². The van der Waals surface area contributed by atoms with E-state index in [1.807, 2.05) is 0 Å². The lowest BCUT2D eigenvalue weighted by Crippen LogP contribution is -2.29. The summed E-state index contributed by atoms with van der Waals surface area (Å²) in [4.78, 5) is 34.5. The standard InChI is InChI=1S/C45H87O8P/c1-4-6-8-10-12-14-16-18-20-22-24-25-27-29-31-33-35-37-39-44(46)51-41-43(42-52-54(48,49)50-3)53-45(47)40-38-36-34-32-30-28-26-23-21-19-17-15-13-11-9-7-5-2/h19,21,43H,4-18,20,22-42H2,1-3H3,(H,48,49)/b21-19-. The fourth-order valence-electron chi connectivity index (χ4n) is 6.71. The molecule has 2 atom stereocenters. The summed E-state index contributed by atoms with van der Waals surface area (Å²) in [6, 6.07) is 0. The van der Waals surface area contributed by atoms with Crippen LogP contribution in [0, 0.1) is 0 Å². The van der Waals surface area contributed by atoms with E-state index < -0.39 is 26.5 Å². The van der Waals surface area contributed by atoms with E-state index in [2.05, 4.69) is 30.5 Å². The predicted octanol–water partition coefficient (Wildman–Crippen LogP) is 14.5. The predicted molar refractivity (Wildman–Crippen MR) is 226 cm³/mol. The first-order chi connectivity index (χ1) is 26.3. The summed E-state index contributed by atoms with van der Waals surface area (Å²) in [6.45, 7) is 3.91. The number of phosphoric acid groups is 1. The van der Waals surface area contributed by atoms with Crippen LogP contribution in [0.4, 0.5) is 0 Å². The topological polar surface area (TPSA) is 108 Å². The molecular formula is C45H87O8P. The summed E-state index contributed by atoms with van der Waals surface area (Å²) >= 11 is 0. The van der Waals surface area contributed by atoms with Gasteiger partial charge in [0.1, 0.15) is 6.61 Å². The van der Waals surface area contributed by atoms with Crippen LogP contribution in [0.1, 0.15) is 239 Å². The van der Waals surface area contributed by atoms with Crippen molar-refractivity contribution >= 4 is 19.8 Å². The number of carbonyl (C=O) groups excluding carboxylic acids is 2. The van der Waals surface area contributed by atoms with Crippen molar-refractivity contribution < 1.29 is 37.6 Å². The Labute approximate surface area is 333 Å². The molecule has 54 heavy (non-hydrogen) atoms. The van der Waals surface area contributed by atoms with Gasteiger partial charge in [-0.2, -0.15) is 0 Å². The van der Waals surface area contributed by atoms with Crippen molar-refractivity contribution in [1.29, 1.82) is 0 Å². The smallest absolute Gasteiger partial charge is 0.462 e. The van der Waals surface area contributed by atoms with Crippen molar-refractivity contribution in [1.82, 2.24) is 0 Å². The maximum atomic E-state index is 12.5. The SMILES string of the molecule is CCCCCCCC/C=C\CCCCCCCCCC(=O)OC(COC(=O)CCCCCCCCCCCCCCCCCCCC)COP(=O)(O)OC. The van der Waals surface area contributed by atoms with Crippen LogP contribution >= 0.6 is 7.82 Å². The van der Waals surface area contributed by atoms with Gasteiger partial charge in [-0.05, 0) is 38.5 Å². The van der Waals surface area contributed by atoms with Crippen LogP contribution in [-0.4, -0.2) is 43.3 Å². The molecule has 0 fully saturated rings. The van der Waals surface area contributed by atoms with E-state index in [9.17, 15) is 19.0 Å². The van der Waals surface area contributed by atoms with Crippen LogP contribution in [-0.2, 0) is 32.7 Å². The van der Waals surface area contributed by atoms with Gasteiger partial charge < -0.3 is 14.4 Å². The lowest BCUT2D eigenvalue weighted by Gasteiger charge is -2.19. The first kappa shape index (κ1) is 52.8. The lowest BCUT2D eigenvalue weighted by molar-refractivity contribution is -0.161. The molecule has 0 aromatic rings. The molecular weight excluding hydrogens is 699 g/mol. The van der Waals surface area contributed by atoms with Crippen LogP contribution in [0.3, 0.4) is 0 Å². The summed E-state index contributed by atoms with van der Waals surface area (Å²) in [5.74, 6) is -0.795. The third kappa shape index (κ3) is 40.5. The Morgan fingerprint density at radius 3 is 1.20 bits per heavy atom. The molecule has 0 aromatic carbocycles. The van der Waals surface area contributed by atoms with Gasteiger partial charge >= 0.3 is 19.8 Å². The molecule has 1 N–H and O–H groups in total. The summed E-state index contributed by atoms with van der Waals surface area (Å²) in [6.07, 6.45) is 45.5. The van der Waals surface area contributed by atoms with Gasteiger partial charge in [-0.15, -0.1) is 0 Å². The summed E-state index contributed by atoms with van der Waals surface area (Å²) in [5, 5.41) is 0. The Balaban J connectivity index is 3.93. The van der Waals surface area contributed by atoms with E-state index in [1.54, 1.807) is 0 Å². The minimum atomic E-state index is -4.26. The van der Waals surface area contributed by atoms with Crippen LogP contribution in [0.2, 0.25) is 0 Å². The third-order valence-corrected chi connectivity index (χ3v) is 11.2. The lowest BCUT2D eigenvalue weighted by atomic mass is 10.0. The van der Waals surface area contributed by atoms with Gasteiger partial charge in [-0.25, -0.2) is 4.57 Å². The van der Waals surface area contributed by atoms with Crippen molar-refractivity contribution in [3.05, 3.63) is 12.2 Å². The summed E-state index contributed by atoms with van der Waals surface area (Å²) in [7, 11) is -3.19. The number of phosphoric ester groups is 1. The Morgan fingerprint density at radius 1 is 0.500 bits per heavy atom. The molecule has 0 aliphatic carbocycles. The van der Waals surface area contributed by atoms with Gasteiger partial charge in [0.25, 0.3) is 0 Å². The molecule has 9 heteroatoms. The van der Waals surface area contributed by atoms with Gasteiger partial charge in [0.05, 0.1) is 6.61 Å². The van der Waals surface area contributed by atoms with E-state index in [0.29, 0.717) is 12.8 Å². The highest BCUT2D eigenvalue weighted by molar-refractivity contribution is 7.47. The van der Waals surface area contributed by atoms with Gasteiger partial charge in [0.15, 0.2) is 6.10 Å². The maximum Gasteiger partial charge on any atom is 0.472 e. The van der Waals surface area contributed by atoms with Crippen LogP contribution in [0.15, 0.2) is 12.2 Å². The second kappa shape index (κ2) is 41.4. The molecule has 320 valence electrons. The van der Waals surface area contributed by atoms with Crippen molar-refractivity contribution in [2.45, 2.75) is 245 Å². The summed E-state index contributed by atoms with van der Waals surface area (Å²) < 4.78 is 32.0. The van der Waals surface area contributed by atoms with Gasteiger partial charge in [0.2, 0.25) is 0 Å². The minimum absolute atomic E-state index is 0.221. The summed E-state index contributed by atoms with van der Waals surface area (Å²) in [5.41, 5.74) is 0.